The quantitative estimate of drug-likeness (QED) is 0.657. The summed E-state index contributed by atoms with van der Waals surface area (Å²) in [5, 5.41) is 0.930. The van der Waals surface area contributed by atoms with Crippen molar-refractivity contribution in [1.82, 2.24) is 10.4 Å². The highest BCUT2D eigenvalue weighted by Crippen LogP contribution is 2.26. The SMILES string of the molecule is Cc1ncc(C(Cc2ccc(OC(F)(F)F)cc2)NN)s1. The van der Waals surface area contributed by atoms with Gasteiger partial charge in [0.25, 0.3) is 0 Å². The van der Waals surface area contributed by atoms with E-state index in [0.29, 0.717) is 6.42 Å². The zero-order valence-electron chi connectivity index (χ0n) is 11.1. The van der Waals surface area contributed by atoms with Crippen molar-refractivity contribution in [1.29, 1.82) is 0 Å². The van der Waals surface area contributed by atoms with Crippen LogP contribution in [0.15, 0.2) is 30.5 Å². The third-order valence-electron chi connectivity index (χ3n) is 2.78. The van der Waals surface area contributed by atoms with Gasteiger partial charge in [-0.2, -0.15) is 0 Å². The number of hydrogen-bond donors (Lipinski definition) is 2. The molecule has 1 heterocycles. The van der Waals surface area contributed by atoms with E-state index in [1.54, 1.807) is 18.3 Å². The Hall–Kier alpha value is -1.64. The van der Waals surface area contributed by atoms with Gasteiger partial charge < -0.3 is 4.74 Å². The fourth-order valence-corrected chi connectivity index (χ4v) is 2.69. The molecule has 2 rings (SSSR count). The summed E-state index contributed by atoms with van der Waals surface area (Å²) in [4.78, 5) is 5.14. The summed E-state index contributed by atoms with van der Waals surface area (Å²) < 4.78 is 40.1. The van der Waals surface area contributed by atoms with Gasteiger partial charge in [-0.25, -0.2) is 4.98 Å². The van der Waals surface area contributed by atoms with Crippen molar-refractivity contribution >= 4 is 11.3 Å². The molecule has 0 aliphatic carbocycles. The number of nitrogens with zero attached hydrogens (tertiary/aromatic N) is 1. The Labute approximate surface area is 123 Å². The van der Waals surface area contributed by atoms with Crippen molar-refractivity contribution < 1.29 is 17.9 Å². The molecule has 2 aromatic rings. The van der Waals surface area contributed by atoms with E-state index >= 15 is 0 Å². The zero-order valence-corrected chi connectivity index (χ0v) is 12.0. The van der Waals surface area contributed by atoms with E-state index < -0.39 is 6.36 Å². The summed E-state index contributed by atoms with van der Waals surface area (Å²) >= 11 is 1.52. The number of rotatable bonds is 5. The van der Waals surface area contributed by atoms with Gasteiger partial charge in [0.15, 0.2) is 0 Å². The summed E-state index contributed by atoms with van der Waals surface area (Å²) in [6.45, 7) is 1.89. The largest absolute Gasteiger partial charge is 0.573 e. The fraction of sp³-hybridized carbons (Fsp3) is 0.308. The number of hydrazine groups is 1. The Morgan fingerprint density at radius 2 is 2.00 bits per heavy atom. The van der Waals surface area contributed by atoms with Gasteiger partial charge in [0.05, 0.1) is 11.0 Å². The monoisotopic (exact) mass is 317 g/mol. The zero-order chi connectivity index (χ0) is 15.5. The first-order chi connectivity index (χ1) is 9.87. The van der Waals surface area contributed by atoms with Crippen molar-refractivity contribution in [2.75, 3.05) is 0 Å². The summed E-state index contributed by atoms with van der Waals surface area (Å²) in [5.41, 5.74) is 3.54. The highest BCUT2D eigenvalue weighted by atomic mass is 32.1. The molecule has 0 saturated heterocycles. The van der Waals surface area contributed by atoms with Crippen molar-refractivity contribution in [3.63, 3.8) is 0 Å². The molecule has 1 aromatic heterocycles. The Kier molecular flexibility index (Phi) is 4.81. The van der Waals surface area contributed by atoms with Crippen molar-refractivity contribution in [2.24, 2.45) is 5.84 Å². The number of benzene rings is 1. The first-order valence-electron chi connectivity index (χ1n) is 6.10. The van der Waals surface area contributed by atoms with Crippen LogP contribution in [0.4, 0.5) is 13.2 Å². The molecule has 114 valence electrons. The number of hydrogen-bond acceptors (Lipinski definition) is 5. The lowest BCUT2D eigenvalue weighted by molar-refractivity contribution is -0.274. The maximum Gasteiger partial charge on any atom is 0.573 e. The smallest absolute Gasteiger partial charge is 0.406 e. The molecule has 0 aliphatic rings. The number of nitrogens with two attached hydrogens (primary N) is 1. The third-order valence-corrected chi connectivity index (χ3v) is 3.81. The minimum atomic E-state index is -4.68. The minimum absolute atomic E-state index is 0.134. The molecule has 1 unspecified atom stereocenters. The van der Waals surface area contributed by atoms with E-state index in [-0.39, 0.29) is 11.8 Å². The standard InChI is InChI=1S/C13H14F3N3OS/c1-8-18-7-12(21-8)11(19-17)6-9-2-4-10(5-3-9)20-13(14,15)16/h2-5,7,11,19H,6,17H2,1H3. The average Bonchev–Trinajstić information content (AvgIpc) is 2.82. The number of alkyl halides is 3. The van der Waals surface area contributed by atoms with Crippen molar-refractivity contribution in [3.8, 4) is 5.75 Å². The van der Waals surface area contributed by atoms with Crippen LogP contribution in [0.1, 0.15) is 21.5 Å². The summed E-state index contributed by atoms with van der Waals surface area (Å²) in [7, 11) is 0. The maximum atomic E-state index is 12.1. The van der Waals surface area contributed by atoms with Gasteiger partial charge in [-0.05, 0) is 31.0 Å². The van der Waals surface area contributed by atoms with Crippen LogP contribution >= 0.6 is 11.3 Å². The molecule has 8 heteroatoms. The van der Waals surface area contributed by atoms with Gasteiger partial charge in [0.1, 0.15) is 5.75 Å². The summed E-state index contributed by atoms with van der Waals surface area (Å²) in [6.07, 6.45) is -2.39. The highest BCUT2D eigenvalue weighted by molar-refractivity contribution is 7.11. The van der Waals surface area contributed by atoms with E-state index in [1.165, 1.54) is 23.5 Å². The second-order valence-corrected chi connectivity index (χ2v) is 5.66. The van der Waals surface area contributed by atoms with Gasteiger partial charge in [-0.1, -0.05) is 12.1 Å². The third kappa shape index (κ3) is 4.69. The van der Waals surface area contributed by atoms with Crippen LogP contribution in [-0.2, 0) is 6.42 Å². The van der Waals surface area contributed by atoms with Crippen LogP contribution in [0.3, 0.4) is 0 Å². The maximum absolute atomic E-state index is 12.1. The van der Waals surface area contributed by atoms with E-state index in [4.69, 9.17) is 5.84 Å². The van der Waals surface area contributed by atoms with Crippen LogP contribution < -0.4 is 16.0 Å². The minimum Gasteiger partial charge on any atom is -0.406 e. The second kappa shape index (κ2) is 6.42. The number of halogens is 3. The van der Waals surface area contributed by atoms with E-state index in [0.717, 1.165) is 15.4 Å². The van der Waals surface area contributed by atoms with E-state index in [1.807, 2.05) is 6.92 Å². The Morgan fingerprint density at radius 3 is 2.48 bits per heavy atom. The number of ether oxygens (including phenoxy) is 1. The molecule has 0 fully saturated rings. The molecule has 1 atom stereocenters. The van der Waals surface area contributed by atoms with Gasteiger partial charge >= 0.3 is 6.36 Å². The van der Waals surface area contributed by atoms with Gasteiger partial charge in [0.2, 0.25) is 0 Å². The average molecular weight is 317 g/mol. The first kappa shape index (κ1) is 15.7. The first-order valence-corrected chi connectivity index (χ1v) is 6.92. The molecule has 0 saturated carbocycles. The molecule has 3 N–H and O–H groups in total. The predicted molar refractivity (Wildman–Crippen MR) is 73.7 cm³/mol. The van der Waals surface area contributed by atoms with E-state index in [9.17, 15) is 13.2 Å². The number of aromatic nitrogens is 1. The van der Waals surface area contributed by atoms with E-state index in [2.05, 4.69) is 15.1 Å². The van der Waals surface area contributed by atoms with Crippen LogP contribution in [0.2, 0.25) is 0 Å². The Bertz CT molecular complexity index is 583. The molecule has 21 heavy (non-hydrogen) atoms. The Balaban J connectivity index is 2.05. The van der Waals surface area contributed by atoms with Gasteiger partial charge in [-0.3, -0.25) is 11.3 Å². The Morgan fingerprint density at radius 1 is 1.33 bits per heavy atom. The molecule has 0 bridgehead atoms. The predicted octanol–water partition coefficient (Wildman–Crippen LogP) is 3.10. The van der Waals surface area contributed by atoms with Gasteiger partial charge in [0, 0.05) is 11.1 Å². The van der Waals surface area contributed by atoms with Crippen LogP contribution in [0.5, 0.6) is 5.75 Å². The molecule has 0 spiro atoms. The number of nitrogens with one attached hydrogen (secondary N) is 1. The summed E-state index contributed by atoms with van der Waals surface area (Å²) in [6, 6.07) is 5.60. The molecular formula is C13H14F3N3OS. The molecule has 1 aromatic carbocycles. The van der Waals surface area contributed by atoms with Crippen molar-refractivity contribution in [3.05, 3.63) is 45.9 Å². The molecule has 0 amide bonds. The van der Waals surface area contributed by atoms with Gasteiger partial charge in [-0.15, -0.1) is 24.5 Å². The lowest BCUT2D eigenvalue weighted by atomic mass is 10.1. The second-order valence-electron chi connectivity index (χ2n) is 4.40. The molecule has 0 radical (unpaired) electrons. The number of aryl methyl sites for hydroxylation is 1. The van der Waals surface area contributed by atoms with Crippen LogP contribution in [-0.4, -0.2) is 11.3 Å². The lowest BCUT2D eigenvalue weighted by Gasteiger charge is -2.14. The van der Waals surface area contributed by atoms with Crippen LogP contribution in [0.25, 0.3) is 0 Å². The normalized spacial score (nSPS) is 13.2. The number of thiazole rings is 1. The lowest BCUT2D eigenvalue weighted by Crippen LogP contribution is -2.29. The van der Waals surface area contributed by atoms with Crippen LogP contribution in [0, 0.1) is 6.92 Å². The molecular weight excluding hydrogens is 303 g/mol. The van der Waals surface area contributed by atoms with Crippen molar-refractivity contribution in [2.45, 2.75) is 25.7 Å². The topological polar surface area (TPSA) is 60.2 Å². The highest BCUT2D eigenvalue weighted by Gasteiger charge is 2.30. The summed E-state index contributed by atoms with van der Waals surface area (Å²) in [5.74, 6) is 5.29. The molecule has 4 nitrogen and oxygen atoms in total. The molecule has 0 aliphatic heterocycles. The fourth-order valence-electron chi connectivity index (χ4n) is 1.84.